The maximum Gasteiger partial charge on any atom is 0.303 e. The van der Waals surface area contributed by atoms with Crippen molar-refractivity contribution < 1.29 is 14.7 Å². The molecular weight excluding hydrogens is 404 g/mol. The Kier molecular flexibility index (Phi) is 6.26. The first-order valence-corrected chi connectivity index (χ1v) is 9.73. The van der Waals surface area contributed by atoms with Gasteiger partial charge in [0.1, 0.15) is 4.32 Å². The third-order valence-electron chi connectivity index (χ3n) is 3.95. The van der Waals surface area contributed by atoms with E-state index in [0.29, 0.717) is 27.2 Å². The maximum absolute atomic E-state index is 12.7. The van der Waals surface area contributed by atoms with Gasteiger partial charge in [-0.25, -0.2) is 0 Å². The molecule has 1 fully saturated rings. The number of amides is 1. The number of carboxylic acids is 1. The summed E-state index contributed by atoms with van der Waals surface area (Å²) in [5, 5.41) is 9.37. The highest BCUT2D eigenvalue weighted by molar-refractivity contribution is 8.26. The molecule has 5 nitrogen and oxygen atoms in total. The van der Waals surface area contributed by atoms with Crippen molar-refractivity contribution in [3.63, 3.8) is 0 Å². The number of nitrogens with zero attached hydrogens (tertiary/aromatic N) is 2. The van der Waals surface area contributed by atoms with E-state index in [9.17, 15) is 9.59 Å². The number of rotatable bonds is 6. The lowest BCUT2D eigenvalue weighted by atomic mass is 10.0. The van der Waals surface area contributed by atoms with Gasteiger partial charge in [0, 0.05) is 41.5 Å². The van der Waals surface area contributed by atoms with Crippen molar-refractivity contribution in [3.8, 4) is 11.1 Å². The van der Waals surface area contributed by atoms with Gasteiger partial charge in [-0.15, -0.1) is 0 Å². The van der Waals surface area contributed by atoms with Gasteiger partial charge < -0.3 is 5.11 Å². The topological polar surface area (TPSA) is 70.5 Å². The molecule has 1 N–H and O–H groups in total. The quantitative estimate of drug-likeness (QED) is 0.551. The van der Waals surface area contributed by atoms with E-state index in [1.165, 1.54) is 16.7 Å². The Labute approximate surface area is 171 Å². The molecule has 2 heterocycles. The predicted molar refractivity (Wildman–Crippen MR) is 111 cm³/mol. The van der Waals surface area contributed by atoms with Crippen LogP contribution in [-0.2, 0) is 9.59 Å². The Morgan fingerprint density at radius 1 is 1.30 bits per heavy atom. The van der Waals surface area contributed by atoms with E-state index in [-0.39, 0.29) is 12.3 Å². The van der Waals surface area contributed by atoms with Crippen molar-refractivity contribution in [1.82, 2.24) is 9.88 Å². The lowest BCUT2D eigenvalue weighted by Crippen LogP contribution is -2.29. The number of aliphatic carboxylic acids is 1. The van der Waals surface area contributed by atoms with Crippen LogP contribution in [0.4, 0.5) is 0 Å². The standard InChI is InChI=1S/C19H15ClN2O3S2/c20-15-5-2-1-4-14(15)13-7-8-21-11-12(13)10-16-18(25)22(19(26)27-16)9-3-6-17(23)24/h1-2,4-5,7-8,10-11H,3,6,9H2,(H,23,24)/b16-10-. The summed E-state index contributed by atoms with van der Waals surface area (Å²) in [6.07, 6.45) is 5.45. The largest absolute Gasteiger partial charge is 0.481 e. The fraction of sp³-hybridized carbons (Fsp3) is 0.158. The van der Waals surface area contributed by atoms with Gasteiger partial charge in [0.2, 0.25) is 0 Å². The van der Waals surface area contributed by atoms with Gasteiger partial charge in [0.05, 0.1) is 4.91 Å². The Morgan fingerprint density at radius 2 is 2.07 bits per heavy atom. The molecular formula is C19H15ClN2O3S2. The average molecular weight is 419 g/mol. The molecule has 1 amide bonds. The van der Waals surface area contributed by atoms with Crippen LogP contribution in [0.25, 0.3) is 17.2 Å². The zero-order chi connectivity index (χ0) is 19.4. The summed E-state index contributed by atoms with van der Waals surface area (Å²) in [7, 11) is 0. The van der Waals surface area contributed by atoms with Gasteiger partial charge in [-0.05, 0) is 30.2 Å². The first kappa shape index (κ1) is 19.5. The van der Waals surface area contributed by atoms with Crippen LogP contribution in [0.1, 0.15) is 18.4 Å². The third-order valence-corrected chi connectivity index (χ3v) is 5.66. The number of aromatic nitrogens is 1. The third kappa shape index (κ3) is 4.55. The minimum Gasteiger partial charge on any atom is -0.481 e. The number of hydrogen-bond acceptors (Lipinski definition) is 5. The average Bonchev–Trinajstić information content (AvgIpc) is 2.90. The van der Waals surface area contributed by atoms with E-state index < -0.39 is 5.97 Å². The highest BCUT2D eigenvalue weighted by atomic mass is 35.5. The number of thiocarbonyl (C=S) groups is 1. The van der Waals surface area contributed by atoms with Crippen LogP contribution in [0.5, 0.6) is 0 Å². The second kappa shape index (κ2) is 8.65. The summed E-state index contributed by atoms with van der Waals surface area (Å²) in [4.78, 5) is 29.4. The highest BCUT2D eigenvalue weighted by Gasteiger charge is 2.31. The maximum atomic E-state index is 12.7. The smallest absolute Gasteiger partial charge is 0.303 e. The Morgan fingerprint density at radius 3 is 2.81 bits per heavy atom. The van der Waals surface area contributed by atoms with Crippen LogP contribution < -0.4 is 0 Å². The first-order chi connectivity index (χ1) is 13.0. The zero-order valence-electron chi connectivity index (χ0n) is 14.1. The summed E-state index contributed by atoms with van der Waals surface area (Å²) in [6.45, 7) is 0.290. The SMILES string of the molecule is O=C(O)CCCN1C(=O)/C(=C/c2cnccc2-c2ccccc2Cl)SC1=S. The normalized spacial score (nSPS) is 15.6. The molecule has 138 valence electrons. The molecule has 0 atom stereocenters. The fourth-order valence-electron chi connectivity index (χ4n) is 2.67. The highest BCUT2D eigenvalue weighted by Crippen LogP contribution is 2.36. The minimum absolute atomic E-state index is 0.00460. The molecule has 3 rings (SSSR count). The number of benzene rings is 1. The number of carbonyl (C=O) groups excluding carboxylic acids is 1. The van der Waals surface area contributed by atoms with Crippen molar-refractivity contribution in [2.75, 3.05) is 6.54 Å². The molecule has 0 unspecified atom stereocenters. The number of carboxylic acid groups (broad SMARTS) is 1. The van der Waals surface area contributed by atoms with Gasteiger partial charge in [-0.1, -0.05) is 53.8 Å². The molecule has 2 aromatic rings. The molecule has 27 heavy (non-hydrogen) atoms. The van der Waals surface area contributed by atoms with E-state index in [2.05, 4.69) is 4.98 Å². The molecule has 0 bridgehead atoms. The van der Waals surface area contributed by atoms with Crippen LogP contribution in [0, 0.1) is 0 Å². The number of halogens is 1. The number of thioether (sulfide) groups is 1. The number of carbonyl (C=O) groups is 2. The second-order valence-electron chi connectivity index (χ2n) is 5.77. The van der Waals surface area contributed by atoms with Crippen LogP contribution in [-0.4, -0.2) is 37.7 Å². The van der Waals surface area contributed by atoms with Crippen molar-refractivity contribution in [2.24, 2.45) is 0 Å². The molecule has 0 radical (unpaired) electrons. The monoisotopic (exact) mass is 418 g/mol. The molecule has 1 aromatic carbocycles. The van der Waals surface area contributed by atoms with Crippen molar-refractivity contribution in [3.05, 3.63) is 58.2 Å². The van der Waals surface area contributed by atoms with E-state index in [4.69, 9.17) is 28.9 Å². The first-order valence-electron chi connectivity index (χ1n) is 8.13. The van der Waals surface area contributed by atoms with Gasteiger partial charge in [-0.2, -0.15) is 0 Å². The van der Waals surface area contributed by atoms with Crippen molar-refractivity contribution >= 4 is 57.9 Å². The zero-order valence-corrected chi connectivity index (χ0v) is 16.5. The Bertz CT molecular complexity index is 946. The molecule has 1 aliphatic rings. The summed E-state index contributed by atoms with van der Waals surface area (Å²) >= 11 is 12.8. The minimum atomic E-state index is -0.893. The Hall–Kier alpha value is -2.22. The molecule has 0 aliphatic carbocycles. The van der Waals surface area contributed by atoms with Gasteiger partial charge >= 0.3 is 5.97 Å². The van der Waals surface area contributed by atoms with Gasteiger partial charge in [0.15, 0.2) is 0 Å². The van der Waals surface area contributed by atoms with E-state index in [1.807, 2.05) is 30.3 Å². The lowest BCUT2D eigenvalue weighted by Gasteiger charge is -2.13. The van der Waals surface area contributed by atoms with E-state index in [0.717, 1.165) is 16.7 Å². The number of hydrogen-bond donors (Lipinski definition) is 1. The van der Waals surface area contributed by atoms with Crippen LogP contribution in [0.2, 0.25) is 5.02 Å². The van der Waals surface area contributed by atoms with Gasteiger partial charge in [-0.3, -0.25) is 19.5 Å². The van der Waals surface area contributed by atoms with E-state index >= 15 is 0 Å². The van der Waals surface area contributed by atoms with Crippen LogP contribution in [0.3, 0.4) is 0 Å². The molecule has 1 saturated heterocycles. The lowest BCUT2D eigenvalue weighted by molar-refractivity contribution is -0.137. The molecule has 0 spiro atoms. The molecule has 1 aromatic heterocycles. The fourth-order valence-corrected chi connectivity index (χ4v) is 4.21. The van der Waals surface area contributed by atoms with Crippen LogP contribution >= 0.6 is 35.6 Å². The summed E-state index contributed by atoms with van der Waals surface area (Å²) < 4.78 is 0.430. The van der Waals surface area contributed by atoms with E-state index in [1.54, 1.807) is 18.5 Å². The summed E-state index contributed by atoms with van der Waals surface area (Å²) in [5.41, 5.74) is 2.48. The van der Waals surface area contributed by atoms with Crippen molar-refractivity contribution in [2.45, 2.75) is 12.8 Å². The van der Waals surface area contributed by atoms with Gasteiger partial charge in [0.25, 0.3) is 5.91 Å². The summed E-state index contributed by atoms with van der Waals surface area (Å²) in [5.74, 6) is -1.11. The predicted octanol–water partition coefficient (Wildman–Crippen LogP) is 4.47. The second-order valence-corrected chi connectivity index (χ2v) is 7.86. The van der Waals surface area contributed by atoms with Crippen molar-refractivity contribution in [1.29, 1.82) is 0 Å². The Balaban J connectivity index is 1.88. The molecule has 8 heteroatoms. The number of pyridine rings is 1. The summed E-state index contributed by atoms with van der Waals surface area (Å²) in [6, 6.07) is 9.32. The molecule has 0 saturated carbocycles. The van der Waals surface area contributed by atoms with Crippen LogP contribution in [0.15, 0.2) is 47.6 Å². The molecule has 1 aliphatic heterocycles.